The van der Waals surface area contributed by atoms with Crippen LogP contribution in [0.5, 0.6) is 0 Å². The van der Waals surface area contributed by atoms with Gasteiger partial charge in [-0.1, -0.05) is 65.7 Å². The number of benzene rings is 3. The maximum atomic E-state index is 13.8. The van der Waals surface area contributed by atoms with E-state index in [1.165, 1.54) is 9.36 Å². The van der Waals surface area contributed by atoms with Crippen LogP contribution in [0.25, 0.3) is 11.4 Å². The lowest BCUT2D eigenvalue weighted by atomic mass is 9.85. The lowest BCUT2D eigenvalue weighted by Gasteiger charge is -2.15. The van der Waals surface area contributed by atoms with E-state index >= 15 is 0 Å². The van der Waals surface area contributed by atoms with E-state index < -0.39 is 5.92 Å². The van der Waals surface area contributed by atoms with Crippen molar-refractivity contribution < 1.29 is 0 Å². The number of nitrogens with one attached hydrogen (secondary N) is 2. The molecule has 8 heteroatoms. The van der Waals surface area contributed by atoms with Gasteiger partial charge < -0.3 is 0 Å². The second-order valence-corrected chi connectivity index (χ2v) is 9.26. The molecule has 5 rings (SSSR count). The molecule has 2 heterocycles. The van der Waals surface area contributed by atoms with Crippen LogP contribution in [0.15, 0.2) is 88.5 Å². The smallest absolute Gasteiger partial charge is 0.275 e. The number of H-pyrrole nitrogens is 2. The summed E-state index contributed by atoms with van der Waals surface area (Å²) < 4.78 is 2.92. The van der Waals surface area contributed by atoms with Crippen LogP contribution in [0.4, 0.5) is 0 Å². The Morgan fingerprint density at radius 3 is 1.54 bits per heavy atom. The molecule has 0 spiro atoms. The third-order valence-corrected chi connectivity index (χ3v) is 6.55. The van der Waals surface area contributed by atoms with Gasteiger partial charge in [0.2, 0.25) is 0 Å². The van der Waals surface area contributed by atoms with Crippen LogP contribution in [0.3, 0.4) is 0 Å². The SMILES string of the molecule is Cc1[nH]n(-c2cccc(Cl)c2)c(=O)c1C(c1ccccc1)c1c(C)[nH]n(-c2cccc(Cl)c2)c1=O. The van der Waals surface area contributed by atoms with Gasteiger partial charge in [0.1, 0.15) is 0 Å². The second-order valence-electron chi connectivity index (χ2n) is 8.39. The van der Waals surface area contributed by atoms with Crippen molar-refractivity contribution >= 4 is 23.2 Å². The average molecular weight is 505 g/mol. The van der Waals surface area contributed by atoms with Gasteiger partial charge in [0.15, 0.2) is 0 Å². The molecule has 0 atom stereocenters. The fraction of sp³-hybridized carbons (Fsp3) is 0.111. The van der Waals surface area contributed by atoms with Crippen LogP contribution in [0.2, 0.25) is 10.0 Å². The molecule has 3 aromatic carbocycles. The van der Waals surface area contributed by atoms with Crippen LogP contribution < -0.4 is 11.1 Å². The summed E-state index contributed by atoms with van der Waals surface area (Å²) in [6, 6.07) is 23.7. The van der Waals surface area contributed by atoms with E-state index in [1.54, 1.807) is 48.5 Å². The highest BCUT2D eigenvalue weighted by atomic mass is 35.5. The molecule has 6 nitrogen and oxygen atoms in total. The summed E-state index contributed by atoms with van der Waals surface area (Å²) in [5.41, 5.74) is 3.90. The molecule has 2 aromatic heterocycles. The number of aryl methyl sites for hydroxylation is 2. The molecule has 0 unspecified atom stereocenters. The first-order valence-corrected chi connectivity index (χ1v) is 11.8. The molecule has 35 heavy (non-hydrogen) atoms. The van der Waals surface area contributed by atoms with E-state index in [0.29, 0.717) is 43.9 Å². The molecule has 0 bridgehead atoms. The van der Waals surface area contributed by atoms with Gasteiger partial charge in [-0.25, -0.2) is 9.36 Å². The molecule has 0 amide bonds. The maximum absolute atomic E-state index is 13.8. The van der Waals surface area contributed by atoms with Gasteiger partial charge in [0.05, 0.1) is 22.5 Å². The summed E-state index contributed by atoms with van der Waals surface area (Å²) in [5.74, 6) is -0.593. The molecule has 5 aromatic rings. The van der Waals surface area contributed by atoms with Gasteiger partial charge in [0, 0.05) is 27.4 Å². The van der Waals surface area contributed by atoms with E-state index in [4.69, 9.17) is 23.2 Å². The highest BCUT2D eigenvalue weighted by molar-refractivity contribution is 6.31. The topological polar surface area (TPSA) is 75.6 Å². The molecule has 176 valence electrons. The Morgan fingerprint density at radius 2 is 1.11 bits per heavy atom. The Balaban J connectivity index is 1.76. The highest BCUT2D eigenvalue weighted by Gasteiger charge is 2.30. The second kappa shape index (κ2) is 9.13. The van der Waals surface area contributed by atoms with Crippen LogP contribution in [0.1, 0.15) is 34.0 Å². The summed E-state index contributed by atoms with van der Waals surface area (Å²) in [5, 5.41) is 7.38. The average Bonchev–Trinajstić information content (AvgIpc) is 3.30. The summed E-state index contributed by atoms with van der Waals surface area (Å²) in [4.78, 5) is 27.6. The van der Waals surface area contributed by atoms with E-state index in [9.17, 15) is 9.59 Å². The zero-order valence-corrected chi connectivity index (χ0v) is 20.6. The van der Waals surface area contributed by atoms with E-state index in [1.807, 2.05) is 44.2 Å². The number of rotatable bonds is 5. The van der Waals surface area contributed by atoms with Gasteiger partial charge in [0.25, 0.3) is 11.1 Å². The summed E-state index contributed by atoms with van der Waals surface area (Å²) in [6.45, 7) is 3.68. The Bertz CT molecular complexity index is 1540. The molecule has 0 saturated carbocycles. The van der Waals surface area contributed by atoms with Crippen molar-refractivity contribution in [1.82, 2.24) is 19.6 Å². The van der Waals surface area contributed by atoms with Crippen LogP contribution in [-0.4, -0.2) is 19.6 Å². The van der Waals surface area contributed by atoms with Gasteiger partial charge in [-0.15, -0.1) is 0 Å². The fourth-order valence-corrected chi connectivity index (χ4v) is 4.89. The van der Waals surface area contributed by atoms with Gasteiger partial charge >= 0.3 is 0 Å². The van der Waals surface area contributed by atoms with Crippen molar-refractivity contribution in [1.29, 1.82) is 0 Å². The molecule has 0 aliphatic rings. The minimum absolute atomic E-state index is 0.243. The lowest BCUT2D eigenvalue weighted by molar-refractivity contribution is 0.830. The van der Waals surface area contributed by atoms with E-state index in [-0.39, 0.29) is 11.1 Å². The fourth-order valence-electron chi connectivity index (χ4n) is 4.52. The Hall–Kier alpha value is -3.74. The van der Waals surface area contributed by atoms with Gasteiger partial charge in [-0.3, -0.25) is 19.8 Å². The van der Waals surface area contributed by atoms with Crippen molar-refractivity contribution in [2.75, 3.05) is 0 Å². The van der Waals surface area contributed by atoms with E-state index in [0.717, 1.165) is 5.56 Å². The Kier molecular flexibility index (Phi) is 6.01. The van der Waals surface area contributed by atoms with Crippen molar-refractivity contribution in [3.63, 3.8) is 0 Å². The largest absolute Gasteiger partial charge is 0.295 e. The normalized spacial score (nSPS) is 11.3. The lowest BCUT2D eigenvalue weighted by Crippen LogP contribution is -2.25. The first-order valence-electron chi connectivity index (χ1n) is 11.0. The monoisotopic (exact) mass is 504 g/mol. The van der Waals surface area contributed by atoms with Crippen LogP contribution in [-0.2, 0) is 0 Å². The van der Waals surface area contributed by atoms with Gasteiger partial charge in [-0.05, 0) is 55.8 Å². The number of hydrogen-bond acceptors (Lipinski definition) is 2. The summed E-state index contributed by atoms with van der Waals surface area (Å²) in [7, 11) is 0. The molecule has 0 fully saturated rings. The molecule has 0 saturated heterocycles. The van der Waals surface area contributed by atoms with E-state index in [2.05, 4.69) is 10.2 Å². The standard InChI is InChI=1S/C27H22Cl2N4O2/c1-16-23(26(34)32(30-16)21-12-6-10-19(28)14-21)25(18-8-4-3-5-9-18)24-17(2)31-33(27(24)35)22-13-7-11-20(29)15-22/h3-15,25,30-31H,1-2H3. The number of hydrogen-bond donors (Lipinski definition) is 2. The zero-order chi connectivity index (χ0) is 24.7. The number of aromatic nitrogens is 4. The molecule has 0 aliphatic carbocycles. The Labute approximate surface area is 211 Å². The quantitative estimate of drug-likeness (QED) is 0.319. The third kappa shape index (κ3) is 4.16. The first-order chi connectivity index (χ1) is 16.8. The highest BCUT2D eigenvalue weighted by Crippen LogP contribution is 2.32. The first kappa shape index (κ1) is 23.0. The predicted molar refractivity (Wildman–Crippen MR) is 140 cm³/mol. The molecule has 0 radical (unpaired) electrons. The maximum Gasteiger partial charge on any atom is 0.275 e. The minimum atomic E-state index is -0.593. The Morgan fingerprint density at radius 1 is 0.657 bits per heavy atom. The van der Waals surface area contributed by atoms with Crippen molar-refractivity contribution in [2.45, 2.75) is 19.8 Å². The summed E-state index contributed by atoms with van der Waals surface area (Å²) >= 11 is 12.3. The molecular weight excluding hydrogens is 483 g/mol. The van der Waals surface area contributed by atoms with Crippen molar-refractivity contribution in [3.05, 3.63) is 138 Å². The predicted octanol–water partition coefficient (Wildman–Crippen LogP) is 5.75. The van der Waals surface area contributed by atoms with Crippen LogP contribution in [0, 0.1) is 13.8 Å². The molecular formula is C27H22Cl2N4O2. The minimum Gasteiger partial charge on any atom is -0.295 e. The zero-order valence-electron chi connectivity index (χ0n) is 19.0. The molecule has 0 aliphatic heterocycles. The third-order valence-electron chi connectivity index (χ3n) is 6.08. The number of aromatic amines is 2. The van der Waals surface area contributed by atoms with Crippen molar-refractivity contribution in [2.24, 2.45) is 0 Å². The number of halogens is 2. The van der Waals surface area contributed by atoms with Crippen molar-refractivity contribution in [3.8, 4) is 11.4 Å². The summed E-state index contributed by atoms with van der Waals surface area (Å²) in [6.07, 6.45) is 0. The molecule has 2 N–H and O–H groups in total. The number of nitrogens with zero attached hydrogens (tertiary/aromatic N) is 2. The van der Waals surface area contributed by atoms with Gasteiger partial charge in [-0.2, -0.15) is 0 Å². The van der Waals surface area contributed by atoms with Crippen LogP contribution >= 0.6 is 23.2 Å².